The van der Waals surface area contributed by atoms with Gasteiger partial charge >= 0.3 is 6.09 Å². The minimum absolute atomic E-state index is 0.00499. The molecule has 1 unspecified atom stereocenters. The molecule has 1 aromatic carbocycles. The van der Waals surface area contributed by atoms with E-state index >= 15 is 0 Å². The number of ether oxygens (including phenoxy) is 1. The van der Waals surface area contributed by atoms with Crippen molar-refractivity contribution in [2.24, 2.45) is 0 Å². The lowest BCUT2D eigenvalue weighted by Crippen LogP contribution is -2.55. The van der Waals surface area contributed by atoms with Crippen molar-refractivity contribution in [3.8, 4) is 0 Å². The summed E-state index contributed by atoms with van der Waals surface area (Å²) in [4.78, 5) is 25.3. The van der Waals surface area contributed by atoms with Gasteiger partial charge in [0.15, 0.2) is 5.78 Å². The van der Waals surface area contributed by atoms with E-state index in [1.165, 1.54) is 17.0 Å². The Hall–Kier alpha value is -1.95. The summed E-state index contributed by atoms with van der Waals surface area (Å²) >= 11 is 0. The number of benzene rings is 1. The maximum Gasteiger partial charge on any atom is 0.410 e. The molecule has 1 aliphatic rings. The summed E-state index contributed by atoms with van der Waals surface area (Å²) in [7, 11) is 0. The van der Waals surface area contributed by atoms with Crippen LogP contribution in [0.2, 0.25) is 0 Å². The molecule has 1 aromatic rings. The highest BCUT2D eigenvalue weighted by Crippen LogP contribution is 2.25. The zero-order chi connectivity index (χ0) is 17.3. The third kappa shape index (κ3) is 5.03. The molecule has 6 heteroatoms. The second-order valence-electron chi connectivity index (χ2n) is 7.08. The molecule has 5 nitrogen and oxygen atoms in total. The number of hydrogen-bond acceptors (Lipinski definition) is 4. The van der Waals surface area contributed by atoms with Crippen LogP contribution in [-0.4, -0.2) is 46.2 Å². The molecular weight excluding hydrogens is 301 g/mol. The lowest BCUT2D eigenvalue weighted by Gasteiger charge is -2.38. The summed E-state index contributed by atoms with van der Waals surface area (Å²) in [5.41, 5.74) is -1.34. The van der Waals surface area contributed by atoms with Crippen molar-refractivity contribution in [3.05, 3.63) is 35.6 Å². The Morgan fingerprint density at radius 3 is 2.52 bits per heavy atom. The average molecular weight is 323 g/mol. The Balaban J connectivity index is 2.10. The predicted molar refractivity (Wildman–Crippen MR) is 82.5 cm³/mol. The second kappa shape index (κ2) is 6.28. The van der Waals surface area contributed by atoms with E-state index in [-0.39, 0.29) is 37.5 Å². The minimum atomic E-state index is -1.37. The van der Waals surface area contributed by atoms with Gasteiger partial charge in [0.1, 0.15) is 11.4 Å². The van der Waals surface area contributed by atoms with Gasteiger partial charge in [0.2, 0.25) is 0 Å². The van der Waals surface area contributed by atoms with Gasteiger partial charge in [0.05, 0.1) is 18.7 Å². The maximum absolute atomic E-state index is 13.0. The van der Waals surface area contributed by atoms with Gasteiger partial charge in [-0.2, -0.15) is 0 Å². The van der Waals surface area contributed by atoms with Gasteiger partial charge in [-0.05, 0) is 38.5 Å². The van der Waals surface area contributed by atoms with Crippen LogP contribution in [0.15, 0.2) is 24.3 Å². The van der Waals surface area contributed by atoms with Crippen molar-refractivity contribution in [2.75, 3.05) is 13.1 Å². The van der Waals surface area contributed by atoms with Crippen molar-refractivity contribution in [1.29, 1.82) is 0 Å². The number of likely N-dealkylation sites (tertiary alicyclic amines) is 1. The van der Waals surface area contributed by atoms with Crippen LogP contribution in [0.5, 0.6) is 0 Å². The highest BCUT2D eigenvalue weighted by molar-refractivity contribution is 5.86. The summed E-state index contributed by atoms with van der Waals surface area (Å²) in [5, 5.41) is 10.7. The predicted octanol–water partition coefficient (Wildman–Crippen LogP) is 2.31. The fourth-order valence-corrected chi connectivity index (χ4v) is 2.66. The largest absolute Gasteiger partial charge is 0.444 e. The smallest absolute Gasteiger partial charge is 0.410 e. The molecule has 1 amide bonds. The quantitative estimate of drug-likeness (QED) is 0.907. The summed E-state index contributed by atoms with van der Waals surface area (Å²) in [6, 6.07) is 5.72. The van der Waals surface area contributed by atoms with Gasteiger partial charge in [-0.1, -0.05) is 12.1 Å². The number of hydrogen-bond donors (Lipinski definition) is 1. The van der Waals surface area contributed by atoms with Gasteiger partial charge in [-0.25, -0.2) is 9.18 Å². The fraction of sp³-hybridized carbons (Fsp3) is 0.529. The Labute approximate surface area is 135 Å². The summed E-state index contributed by atoms with van der Waals surface area (Å²) in [5.74, 6) is -0.595. The Bertz CT molecular complexity index is 594. The van der Waals surface area contributed by atoms with Gasteiger partial charge in [-0.3, -0.25) is 9.69 Å². The number of ketones is 1. The number of halogens is 1. The lowest BCUT2D eigenvalue weighted by molar-refractivity contribution is -0.132. The molecular formula is C17H22FNO4. The molecule has 126 valence electrons. The molecule has 1 heterocycles. The van der Waals surface area contributed by atoms with Crippen molar-refractivity contribution in [1.82, 2.24) is 4.90 Å². The number of carbonyl (C=O) groups is 2. The minimum Gasteiger partial charge on any atom is -0.444 e. The van der Waals surface area contributed by atoms with E-state index in [4.69, 9.17) is 4.74 Å². The van der Waals surface area contributed by atoms with Crippen molar-refractivity contribution < 1.29 is 23.8 Å². The van der Waals surface area contributed by atoms with Crippen molar-refractivity contribution in [3.63, 3.8) is 0 Å². The summed E-state index contributed by atoms with van der Waals surface area (Å²) < 4.78 is 18.2. The molecule has 0 aromatic heterocycles. The number of Topliss-reactive ketones (excluding diaryl/α,β-unsaturated/α-hetero) is 1. The molecule has 23 heavy (non-hydrogen) atoms. The van der Waals surface area contributed by atoms with Crippen LogP contribution in [-0.2, 0) is 16.0 Å². The molecule has 0 aliphatic carbocycles. The standard InChI is InChI=1S/C17H22FNO4/c1-16(2,3)23-15(21)19-10-14(20)9-17(22,11-19)8-12-4-6-13(18)7-5-12/h4-7,22H,8-11H2,1-3H3. The number of amides is 1. The number of β-amino-alcohol motifs (C(OH)–C–C–N with tert-alkyl or cyclic N) is 1. The molecule has 2 rings (SSSR count). The molecule has 0 bridgehead atoms. The molecule has 1 fully saturated rings. The molecule has 0 radical (unpaired) electrons. The first-order valence-corrected chi connectivity index (χ1v) is 7.53. The average Bonchev–Trinajstić information content (AvgIpc) is 2.38. The number of carbonyl (C=O) groups excluding carboxylic acids is 2. The monoisotopic (exact) mass is 323 g/mol. The first-order valence-electron chi connectivity index (χ1n) is 7.53. The van der Waals surface area contributed by atoms with Crippen molar-refractivity contribution >= 4 is 11.9 Å². The molecule has 1 atom stereocenters. The third-order valence-corrected chi connectivity index (χ3v) is 3.48. The van der Waals surface area contributed by atoms with Crippen molar-refractivity contribution in [2.45, 2.75) is 44.8 Å². The van der Waals surface area contributed by atoms with Crippen LogP contribution in [0.25, 0.3) is 0 Å². The first-order chi connectivity index (χ1) is 10.6. The highest BCUT2D eigenvalue weighted by Gasteiger charge is 2.40. The van der Waals surface area contributed by atoms with E-state index in [1.54, 1.807) is 32.9 Å². The molecule has 0 saturated carbocycles. The van der Waals surface area contributed by atoms with Crippen LogP contribution in [0.1, 0.15) is 32.8 Å². The van der Waals surface area contributed by atoms with Crippen LogP contribution in [0.4, 0.5) is 9.18 Å². The number of piperidine rings is 1. The van der Waals surface area contributed by atoms with E-state index in [1.807, 2.05) is 0 Å². The third-order valence-electron chi connectivity index (χ3n) is 3.48. The van der Waals surface area contributed by atoms with E-state index < -0.39 is 17.3 Å². The normalized spacial score (nSPS) is 22.1. The molecule has 1 saturated heterocycles. The van der Waals surface area contributed by atoms with Gasteiger partial charge in [-0.15, -0.1) is 0 Å². The zero-order valence-corrected chi connectivity index (χ0v) is 13.6. The lowest BCUT2D eigenvalue weighted by atomic mass is 9.86. The molecule has 1 aliphatic heterocycles. The van der Waals surface area contributed by atoms with Crippen LogP contribution >= 0.6 is 0 Å². The van der Waals surface area contributed by atoms with Crippen LogP contribution in [0, 0.1) is 5.82 Å². The number of rotatable bonds is 2. The van der Waals surface area contributed by atoms with E-state index in [0.29, 0.717) is 5.56 Å². The fourth-order valence-electron chi connectivity index (χ4n) is 2.66. The van der Waals surface area contributed by atoms with Gasteiger partial charge in [0, 0.05) is 12.8 Å². The highest BCUT2D eigenvalue weighted by atomic mass is 19.1. The Kier molecular flexibility index (Phi) is 4.75. The maximum atomic E-state index is 13.0. The zero-order valence-electron chi connectivity index (χ0n) is 13.6. The topological polar surface area (TPSA) is 66.8 Å². The summed E-state index contributed by atoms with van der Waals surface area (Å²) in [6.07, 6.45) is -0.495. The Morgan fingerprint density at radius 1 is 1.35 bits per heavy atom. The SMILES string of the molecule is CC(C)(C)OC(=O)N1CC(=O)CC(O)(Cc2ccc(F)cc2)C1. The van der Waals surface area contributed by atoms with E-state index in [9.17, 15) is 19.1 Å². The summed E-state index contributed by atoms with van der Waals surface area (Å²) in [6.45, 7) is 5.15. The van der Waals surface area contributed by atoms with Crippen LogP contribution in [0.3, 0.4) is 0 Å². The van der Waals surface area contributed by atoms with Crippen LogP contribution < -0.4 is 0 Å². The second-order valence-corrected chi connectivity index (χ2v) is 7.08. The van der Waals surface area contributed by atoms with E-state index in [2.05, 4.69) is 0 Å². The first kappa shape index (κ1) is 17.4. The Morgan fingerprint density at radius 2 is 1.96 bits per heavy atom. The number of aliphatic hydroxyl groups is 1. The van der Waals surface area contributed by atoms with E-state index in [0.717, 1.165) is 0 Å². The number of nitrogens with zero attached hydrogens (tertiary/aromatic N) is 1. The molecule has 0 spiro atoms. The van der Waals surface area contributed by atoms with Gasteiger partial charge in [0.25, 0.3) is 0 Å². The van der Waals surface area contributed by atoms with Gasteiger partial charge < -0.3 is 9.84 Å². The molecule has 1 N–H and O–H groups in total.